The second kappa shape index (κ2) is 8.08. The fourth-order valence-corrected chi connectivity index (χ4v) is 2.43. The Balaban J connectivity index is 2.20. The van der Waals surface area contributed by atoms with Crippen LogP contribution >= 0.6 is 0 Å². The van der Waals surface area contributed by atoms with Crippen molar-refractivity contribution in [2.45, 2.75) is 70.6 Å². The highest BCUT2D eigenvalue weighted by molar-refractivity contribution is 4.78. The summed E-state index contributed by atoms with van der Waals surface area (Å²) in [5.41, 5.74) is 0. The standard InChI is InChI=1S/C14H26/c1-2-14-12-10-8-6-4-3-5-7-9-11-13-14/h2,14H,1,3-13H2. The quantitative estimate of drug-likeness (QED) is 0.510. The number of hydrogen-bond acceptors (Lipinski definition) is 0. The molecule has 0 radical (unpaired) electrons. The third-order valence-corrected chi connectivity index (χ3v) is 3.48. The number of allylic oxidation sites excluding steroid dienone is 1. The van der Waals surface area contributed by atoms with Crippen LogP contribution in [0.3, 0.4) is 0 Å². The lowest BCUT2D eigenvalue weighted by molar-refractivity contribution is 0.450. The first-order valence-corrected chi connectivity index (χ1v) is 6.56. The van der Waals surface area contributed by atoms with Gasteiger partial charge in [0, 0.05) is 0 Å². The van der Waals surface area contributed by atoms with Crippen molar-refractivity contribution in [2.75, 3.05) is 0 Å². The average Bonchev–Trinajstić information content (AvgIpc) is 2.19. The molecular formula is C14H26. The van der Waals surface area contributed by atoms with E-state index in [1.165, 1.54) is 70.6 Å². The van der Waals surface area contributed by atoms with Gasteiger partial charge in [0.2, 0.25) is 0 Å². The summed E-state index contributed by atoms with van der Waals surface area (Å²) in [7, 11) is 0. The van der Waals surface area contributed by atoms with Crippen LogP contribution in [0.1, 0.15) is 70.6 Å². The molecule has 1 aliphatic carbocycles. The molecule has 1 aliphatic rings. The van der Waals surface area contributed by atoms with Gasteiger partial charge in [0.15, 0.2) is 0 Å². The van der Waals surface area contributed by atoms with Gasteiger partial charge in [0.25, 0.3) is 0 Å². The molecule has 14 heavy (non-hydrogen) atoms. The van der Waals surface area contributed by atoms with E-state index in [1.54, 1.807) is 0 Å². The van der Waals surface area contributed by atoms with Crippen LogP contribution in [-0.4, -0.2) is 0 Å². The number of hydrogen-bond donors (Lipinski definition) is 0. The van der Waals surface area contributed by atoms with E-state index in [4.69, 9.17) is 0 Å². The van der Waals surface area contributed by atoms with Crippen molar-refractivity contribution in [1.29, 1.82) is 0 Å². The van der Waals surface area contributed by atoms with E-state index >= 15 is 0 Å². The fraction of sp³-hybridized carbons (Fsp3) is 0.857. The minimum absolute atomic E-state index is 0.814. The summed E-state index contributed by atoms with van der Waals surface area (Å²) in [6.45, 7) is 3.95. The summed E-state index contributed by atoms with van der Waals surface area (Å²) in [5.74, 6) is 0.814. The Morgan fingerprint density at radius 2 is 1.00 bits per heavy atom. The van der Waals surface area contributed by atoms with Crippen LogP contribution in [-0.2, 0) is 0 Å². The molecule has 0 N–H and O–H groups in total. The van der Waals surface area contributed by atoms with Crippen molar-refractivity contribution in [3.05, 3.63) is 12.7 Å². The molecule has 0 saturated heterocycles. The molecule has 0 heteroatoms. The van der Waals surface area contributed by atoms with Gasteiger partial charge < -0.3 is 0 Å². The van der Waals surface area contributed by atoms with Crippen molar-refractivity contribution in [3.63, 3.8) is 0 Å². The monoisotopic (exact) mass is 194 g/mol. The molecule has 0 heterocycles. The highest BCUT2D eigenvalue weighted by Gasteiger charge is 2.04. The van der Waals surface area contributed by atoms with Crippen molar-refractivity contribution >= 4 is 0 Å². The molecule has 0 aromatic carbocycles. The van der Waals surface area contributed by atoms with Crippen LogP contribution in [0, 0.1) is 5.92 Å². The largest absolute Gasteiger partial charge is 0.103 e. The Bertz CT molecular complexity index is 125. The SMILES string of the molecule is C=CC1CCCCCCCCCCC1. The molecule has 0 amide bonds. The van der Waals surface area contributed by atoms with E-state index in [0.717, 1.165) is 5.92 Å². The van der Waals surface area contributed by atoms with Crippen molar-refractivity contribution in [3.8, 4) is 0 Å². The van der Waals surface area contributed by atoms with Gasteiger partial charge >= 0.3 is 0 Å². The summed E-state index contributed by atoms with van der Waals surface area (Å²) < 4.78 is 0. The van der Waals surface area contributed by atoms with E-state index in [2.05, 4.69) is 12.7 Å². The average molecular weight is 194 g/mol. The summed E-state index contributed by atoms with van der Waals surface area (Å²) in [6, 6.07) is 0. The zero-order valence-electron chi connectivity index (χ0n) is 9.64. The minimum atomic E-state index is 0.814. The molecule has 0 atom stereocenters. The van der Waals surface area contributed by atoms with E-state index in [9.17, 15) is 0 Å². The predicted octanol–water partition coefficient (Wildman–Crippen LogP) is 5.09. The van der Waals surface area contributed by atoms with Gasteiger partial charge in [0.05, 0.1) is 0 Å². The number of rotatable bonds is 1. The third kappa shape index (κ3) is 5.47. The smallest absolute Gasteiger partial charge is 0.0236 e. The van der Waals surface area contributed by atoms with Crippen LogP contribution in [0.5, 0.6) is 0 Å². The van der Waals surface area contributed by atoms with E-state index in [1.807, 2.05) is 0 Å². The lowest BCUT2D eigenvalue weighted by atomic mass is 9.93. The van der Waals surface area contributed by atoms with Gasteiger partial charge in [-0.05, 0) is 18.8 Å². The van der Waals surface area contributed by atoms with Gasteiger partial charge in [-0.25, -0.2) is 0 Å². The topological polar surface area (TPSA) is 0 Å². The Morgan fingerprint density at radius 1 is 0.643 bits per heavy atom. The Kier molecular flexibility index (Phi) is 6.82. The molecule has 0 aromatic rings. The molecule has 0 spiro atoms. The molecular weight excluding hydrogens is 168 g/mol. The fourth-order valence-electron chi connectivity index (χ4n) is 2.43. The normalized spacial score (nSPS) is 23.4. The summed E-state index contributed by atoms with van der Waals surface area (Å²) in [4.78, 5) is 0. The first-order valence-electron chi connectivity index (χ1n) is 6.56. The molecule has 0 aromatic heterocycles. The van der Waals surface area contributed by atoms with Gasteiger partial charge in [0.1, 0.15) is 0 Å². The van der Waals surface area contributed by atoms with E-state index in [0.29, 0.717) is 0 Å². The first kappa shape index (κ1) is 11.8. The lowest BCUT2D eigenvalue weighted by Crippen LogP contribution is -1.97. The Labute approximate surface area is 89.8 Å². The van der Waals surface area contributed by atoms with Crippen molar-refractivity contribution in [1.82, 2.24) is 0 Å². The Morgan fingerprint density at radius 3 is 1.36 bits per heavy atom. The Hall–Kier alpha value is -0.260. The van der Waals surface area contributed by atoms with E-state index in [-0.39, 0.29) is 0 Å². The second-order valence-corrected chi connectivity index (χ2v) is 4.76. The van der Waals surface area contributed by atoms with Crippen LogP contribution in [0.25, 0.3) is 0 Å². The lowest BCUT2D eigenvalue weighted by Gasteiger charge is -2.13. The van der Waals surface area contributed by atoms with Crippen molar-refractivity contribution < 1.29 is 0 Å². The summed E-state index contributed by atoms with van der Waals surface area (Å²) in [5, 5.41) is 0. The molecule has 1 saturated carbocycles. The molecule has 0 aliphatic heterocycles. The van der Waals surface area contributed by atoms with Crippen LogP contribution in [0.4, 0.5) is 0 Å². The van der Waals surface area contributed by atoms with Crippen LogP contribution < -0.4 is 0 Å². The van der Waals surface area contributed by atoms with Gasteiger partial charge in [-0.1, -0.05) is 63.9 Å². The van der Waals surface area contributed by atoms with Gasteiger partial charge in [-0.15, -0.1) is 6.58 Å². The maximum Gasteiger partial charge on any atom is -0.0236 e. The molecule has 0 bridgehead atoms. The molecule has 0 unspecified atom stereocenters. The van der Waals surface area contributed by atoms with Gasteiger partial charge in [-0.2, -0.15) is 0 Å². The second-order valence-electron chi connectivity index (χ2n) is 4.76. The zero-order valence-corrected chi connectivity index (χ0v) is 9.64. The maximum atomic E-state index is 3.95. The minimum Gasteiger partial charge on any atom is -0.103 e. The van der Waals surface area contributed by atoms with Crippen LogP contribution in [0.2, 0.25) is 0 Å². The molecule has 0 nitrogen and oxygen atoms in total. The summed E-state index contributed by atoms with van der Waals surface area (Å²) >= 11 is 0. The molecule has 82 valence electrons. The molecule has 1 rings (SSSR count). The van der Waals surface area contributed by atoms with Crippen LogP contribution in [0.15, 0.2) is 12.7 Å². The predicted molar refractivity (Wildman–Crippen MR) is 64.5 cm³/mol. The summed E-state index contributed by atoms with van der Waals surface area (Å²) in [6.07, 6.45) is 18.1. The van der Waals surface area contributed by atoms with Gasteiger partial charge in [-0.3, -0.25) is 0 Å². The highest BCUT2D eigenvalue weighted by Crippen LogP contribution is 2.21. The zero-order chi connectivity index (χ0) is 10.1. The first-order chi connectivity index (χ1) is 6.93. The maximum absolute atomic E-state index is 3.95. The molecule has 1 fully saturated rings. The van der Waals surface area contributed by atoms with E-state index < -0.39 is 0 Å². The highest BCUT2D eigenvalue weighted by atomic mass is 14.1. The van der Waals surface area contributed by atoms with Crippen molar-refractivity contribution in [2.24, 2.45) is 5.92 Å². The third-order valence-electron chi connectivity index (χ3n) is 3.48.